The molecule has 1 atom stereocenters. The van der Waals surface area contributed by atoms with Crippen molar-refractivity contribution in [3.63, 3.8) is 0 Å². The Kier molecular flexibility index (Phi) is 3.90. The van der Waals surface area contributed by atoms with Crippen LogP contribution in [0.25, 0.3) is 0 Å². The van der Waals surface area contributed by atoms with E-state index < -0.39 is 0 Å². The zero-order valence-electron chi connectivity index (χ0n) is 11.1. The first-order chi connectivity index (χ1) is 9.67. The van der Waals surface area contributed by atoms with Gasteiger partial charge in [0.25, 0.3) is 0 Å². The summed E-state index contributed by atoms with van der Waals surface area (Å²) < 4.78 is 6.53. The van der Waals surface area contributed by atoms with Crippen LogP contribution >= 0.6 is 27.5 Å². The molecule has 1 aliphatic rings. The predicted molar refractivity (Wildman–Crippen MR) is 86.8 cm³/mol. The van der Waals surface area contributed by atoms with E-state index in [-0.39, 0.29) is 6.04 Å². The number of methoxy groups -OCH3 is 1. The van der Waals surface area contributed by atoms with Crippen LogP contribution in [-0.2, 0) is 6.42 Å². The summed E-state index contributed by atoms with van der Waals surface area (Å²) >= 11 is 9.61. The fourth-order valence-electron chi connectivity index (χ4n) is 2.68. The molecule has 1 aliphatic heterocycles. The second-order valence-corrected chi connectivity index (χ2v) is 6.28. The number of benzene rings is 2. The normalized spacial score (nSPS) is 17.2. The number of halogens is 2. The lowest BCUT2D eigenvalue weighted by Crippen LogP contribution is -2.18. The predicted octanol–water partition coefficient (Wildman–Crippen LogP) is 5.21. The lowest BCUT2D eigenvalue weighted by Gasteiger charge is -2.29. The first kappa shape index (κ1) is 13.8. The van der Waals surface area contributed by atoms with Crippen molar-refractivity contribution in [2.45, 2.75) is 18.9 Å². The van der Waals surface area contributed by atoms with E-state index in [9.17, 15) is 0 Å². The van der Waals surface area contributed by atoms with Crippen molar-refractivity contribution in [1.82, 2.24) is 0 Å². The molecule has 0 radical (unpaired) electrons. The molecule has 1 unspecified atom stereocenters. The molecule has 0 saturated carbocycles. The fraction of sp³-hybridized carbons (Fsp3) is 0.250. The summed E-state index contributed by atoms with van der Waals surface area (Å²) in [4.78, 5) is 0. The number of hydrogen-bond donors (Lipinski definition) is 1. The smallest absolute Gasteiger partial charge is 0.143 e. The molecule has 3 rings (SSSR count). The van der Waals surface area contributed by atoms with Gasteiger partial charge in [0.2, 0.25) is 0 Å². The second-order valence-electron chi connectivity index (χ2n) is 4.93. The Morgan fingerprint density at radius 2 is 2.15 bits per heavy atom. The van der Waals surface area contributed by atoms with Gasteiger partial charge in [-0.25, -0.2) is 0 Å². The third-order valence-corrected chi connectivity index (χ3v) is 4.33. The van der Waals surface area contributed by atoms with Crippen molar-refractivity contribution in [3.8, 4) is 5.75 Å². The highest BCUT2D eigenvalue weighted by atomic mass is 79.9. The number of nitrogens with one attached hydrogen (secondary N) is 1. The minimum absolute atomic E-state index is 0.274. The van der Waals surface area contributed by atoms with Gasteiger partial charge in [-0.15, -0.1) is 0 Å². The lowest BCUT2D eigenvalue weighted by atomic mass is 9.93. The maximum atomic E-state index is 6.08. The van der Waals surface area contributed by atoms with Crippen LogP contribution in [0.1, 0.15) is 23.6 Å². The van der Waals surface area contributed by atoms with Crippen LogP contribution in [0.3, 0.4) is 0 Å². The summed E-state index contributed by atoms with van der Waals surface area (Å²) in [5.74, 6) is 0.876. The van der Waals surface area contributed by atoms with Crippen molar-refractivity contribution < 1.29 is 4.74 Å². The van der Waals surface area contributed by atoms with Gasteiger partial charge in [-0.2, -0.15) is 0 Å². The van der Waals surface area contributed by atoms with Crippen molar-refractivity contribution in [1.29, 1.82) is 0 Å². The molecule has 1 N–H and O–H groups in total. The minimum atomic E-state index is 0.274. The Balaban J connectivity index is 1.95. The molecule has 0 fully saturated rings. The van der Waals surface area contributed by atoms with Crippen LogP contribution in [0.15, 0.2) is 40.9 Å². The molecule has 2 aromatic carbocycles. The van der Waals surface area contributed by atoms with Crippen molar-refractivity contribution in [2.75, 3.05) is 12.4 Å². The number of anilines is 1. The van der Waals surface area contributed by atoms with E-state index in [0.29, 0.717) is 0 Å². The fourth-order valence-corrected chi connectivity index (χ4v) is 3.36. The largest absolute Gasteiger partial charge is 0.495 e. The first-order valence-corrected chi connectivity index (χ1v) is 7.73. The molecule has 2 nitrogen and oxygen atoms in total. The van der Waals surface area contributed by atoms with E-state index >= 15 is 0 Å². The molecule has 0 aliphatic carbocycles. The summed E-state index contributed by atoms with van der Waals surface area (Å²) in [6.45, 7) is 0. The zero-order valence-corrected chi connectivity index (χ0v) is 13.5. The number of fused-ring (bicyclic) bond motifs is 1. The van der Waals surface area contributed by atoms with Crippen LogP contribution in [0.4, 0.5) is 5.69 Å². The van der Waals surface area contributed by atoms with Crippen LogP contribution in [0, 0.1) is 0 Å². The van der Waals surface area contributed by atoms with Crippen molar-refractivity contribution in [3.05, 3.63) is 57.0 Å². The van der Waals surface area contributed by atoms with E-state index in [1.165, 1.54) is 11.1 Å². The van der Waals surface area contributed by atoms with Gasteiger partial charge < -0.3 is 10.1 Å². The van der Waals surface area contributed by atoms with Gasteiger partial charge in [-0.05, 0) is 48.2 Å². The number of ether oxygens (including phenoxy) is 1. The molecular formula is C16H15BrClNO. The summed E-state index contributed by atoms with van der Waals surface area (Å²) in [6.07, 6.45) is 2.07. The molecule has 104 valence electrons. The second kappa shape index (κ2) is 5.66. The monoisotopic (exact) mass is 351 g/mol. The van der Waals surface area contributed by atoms with E-state index in [1.807, 2.05) is 24.3 Å². The van der Waals surface area contributed by atoms with Crippen molar-refractivity contribution in [2.24, 2.45) is 0 Å². The Morgan fingerprint density at radius 1 is 1.30 bits per heavy atom. The average Bonchev–Trinajstić information content (AvgIpc) is 2.46. The standard InChI is InChI=1S/C16H15BrClNO/c1-20-15-9-12(17)7-11-5-6-14(19-16(11)15)10-3-2-4-13(18)8-10/h2-4,7-9,14,19H,5-6H2,1H3. The quantitative estimate of drug-likeness (QED) is 0.801. The maximum absolute atomic E-state index is 6.08. The molecule has 0 bridgehead atoms. The number of hydrogen-bond acceptors (Lipinski definition) is 2. The highest BCUT2D eigenvalue weighted by Gasteiger charge is 2.22. The SMILES string of the molecule is COc1cc(Br)cc2c1NC(c1cccc(Cl)c1)CC2. The van der Waals surface area contributed by atoms with Crippen LogP contribution in [0.2, 0.25) is 5.02 Å². The Labute approximate surface area is 132 Å². The molecule has 0 saturated heterocycles. The number of aryl methyl sites for hydroxylation is 1. The van der Waals surface area contributed by atoms with Gasteiger partial charge in [0.15, 0.2) is 0 Å². The van der Waals surface area contributed by atoms with Gasteiger partial charge in [0.05, 0.1) is 18.8 Å². The molecule has 0 amide bonds. The zero-order chi connectivity index (χ0) is 14.1. The highest BCUT2D eigenvalue weighted by molar-refractivity contribution is 9.10. The molecule has 0 aromatic heterocycles. The topological polar surface area (TPSA) is 21.3 Å². The van der Waals surface area contributed by atoms with Crippen molar-refractivity contribution >= 4 is 33.2 Å². The van der Waals surface area contributed by atoms with Gasteiger partial charge in [-0.1, -0.05) is 39.7 Å². The Morgan fingerprint density at radius 3 is 2.90 bits per heavy atom. The molecule has 0 spiro atoms. The van der Waals surface area contributed by atoms with E-state index in [2.05, 4.69) is 33.4 Å². The van der Waals surface area contributed by atoms with E-state index in [0.717, 1.165) is 33.8 Å². The van der Waals surface area contributed by atoms with Crippen LogP contribution in [0.5, 0.6) is 5.75 Å². The van der Waals surface area contributed by atoms with Gasteiger partial charge in [-0.3, -0.25) is 0 Å². The van der Waals surface area contributed by atoms with E-state index in [4.69, 9.17) is 16.3 Å². The number of rotatable bonds is 2. The molecule has 4 heteroatoms. The lowest BCUT2D eigenvalue weighted by molar-refractivity contribution is 0.414. The molecule has 1 heterocycles. The third kappa shape index (κ3) is 2.65. The maximum Gasteiger partial charge on any atom is 0.143 e. The minimum Gasteiger partial charge on any atom is -0.495 e. The summed E-state index contributed by atoms with van der Waals surface area (Å²) in [7, 11) is 1.70. The summed E-state index contributed by atoms with van der Waals surface area (Å²) in [5.41, 5.74) is 3.59. The Bertz CT molecular complexity index is 627. The summed E-state index contributed by atoms with van der Waals surface area (Å²) in [5, 5.41) is 4.36. The summed E-state index contributed by atoms with van der Waals surface area (Å²) in [6, 6.07) is 12.4. The third-order valence-electron chi connectivity index (χ3n) is 3.64. The van der Waals surface area contributed by atoms with Crippen LogP contribution in [-0.4, -0.2) is 7.11 Å². The average molecular weight is 353 g/mol. The van der Waals surface area contributed by atoms with Gasteiger partial charge >= 0.3 is 0 Å². The van der Waals surface area contributed by atoms with Gasteiger partial charge in [0.1, 0.15) is 5.75 Å². The van der Waals surface area contributed by atoms with Gasteiger partial charge in [0, 0.05) is 9.50 Å². The van der Waals surface area contributed by atoms with Crippen LogP contribution < -0.4 is 10.1 Å². The highest BCUT2D eigenvalue weighted by Crippen LogP contribution is 2.40. The molecule has 20 heavy (non-hydrogen) atoms. The first-order valence-electron chi connectivity index (χ1n) is 6.56. The van der Waals surface area contributed by atoms with E-state index in [1.54, 1.807) is 7.11 Å². The Hall–Kier alpha value is -1.19. The molecule has 2 aromatic rings. The molecular weight excluding hydrogens is 338 g/mol.